The average molecular weight is 502 g/mol. The number of hydrogen-bond acceptors (Lipinski definition) is 6. The molecule has 2 aliphatic heterocycles. The summed E-state index contributed by atoms with van der Waals surface area (Å²) in [5.74, 6) is 2.01. The zero-order chi connectivity index (χ0) is 25.3. The Balaban J connectivity index is 1.51. The second-order valence-electron chi connectivity index (χ2n) is 9.89. The molecule has 186 valence electrons. The molecule has 2 atom stereocenters. The van der Waals surface area contributed by atoms with Crippen molar-refractivity contribution in [1.29, 1.82) is 5.26 Å². The summed E-state index contributed by atoms with van der Waals surface area (Å²) in [6.45, 7) is 8.42. The van der Waals surface area contributed by atoms with Crippen LogP contribution >= 0.6 is 11.6 Å². The molecule has 0 bridgehead atoms. The molecular weight excluding hydrogens is 470 g/mol. The van der Waals surface area contributed by atoms with Crippen molar-refractivity contribution in [2.24, 2.45) is 5.92 Å². The summed E-state index contributed by atoms with van der Waals surface area (Å²) in [6, 6.07) is 16.6. The van der Waals surface area contributed by atoms with E-state index >= 15 is 0 Å². The molecule has 5 rings (SSSR count). The van der Waals surface area contributed by atoms with Gasteiger partial charge in [-0.1, -0.05) is 43.1 Å². The zero-order valence-electron chi connectivity index (χ0n) is 21.2. The third kappa shape index (κ3) is 4.31. The minimum atomic E-state index is 0.0117. The van der Waals surface area contributed by atoms with Crippen LogP contribution in [0, 0.1) is 17.2 Å². The number of nitrogens with zero attached hydrogens (tertiary/aromatic N) is 5. The number of pyridine rings is 2. The standard InChI is InChI=1S/C29H32ClN5O/c1-4-21-17-35(28-20(15-31)14-22(30)16-32-28)13-12-29(21)19-34(3)18-26-24(29)10-11-25(33-26)23-8-6-7-9-27(23)36-5-2/h6-11,14,16,21H,4-5,12-13,17-19H2,1-3H3. The lowest BCUT2D eigenvalue weighted by molar-refractivity contribution is 0.121. The van der Waals surface area contributed by atoms with Crippen LogP contribution in [0.4, 0.5) is 5.82 Å². The molecule has 2 unspecified atom stereocenters. The van der Waals surface area contributed by atoms with Gasteiger partial charge in [0.2, 0.25) is 0 Å². The number of para-hydroxylation sites is 1. The Morgan fingerprint density at radius 1 is 1.22 bits per heavy atom. The summed E-state index contributed by atoms with van der Waals surface area (Å²) in [7, 11) is 2.20. The van der Waals surface area contributed by atoms with Gasteiger partial charge in [-0.15, -0.1) is 0 Å². The van der Waals surface area contributed by atoms with Crippen LogP contribution in [0.3, 0.4) is 0 Å². The van der Waals surface area contributed by atoms with Crippen LogP contribution < -0.4 is 9.64 Å². The number of halogens is 1. The molecular formula is C29H32ClN5O. The molecule has 1 aromatic carbocycles. The molecule has 0 saturated carbocycles. The Hall–Kier alpha value is -3.14. The lowest BCUT2D eigenvalue weighted by Crippen LogP contribution is -2.57. The largest absolute Gasteiger partial charge is 0.493 e. The fourth-order valence-corrected chi connectivity index (χ4v) is 6.33. The lowest BCUT2D eigenvalue weighted by Gasteiger charge is -2.52. The van der Waals surface area contributed by atoms with E-state index in [2.05, 4.69) is 53.0 Å². The SMILES string of the molecule is CCOc1ccccc1-c1ccc2c(n1)CN(C)CC21CCN(c2ncc(Cl)cc2C#N)CC1CC. The number of ether oxygens (including phenoxy) is 1. The molecule has 6 nitrogen and oxygen atoms in total. The maximum atomic E-state index is 9.68. The summed E-state index contributed by atoms with van der Waals surface area (Å²) in [5, 5.41) is 10.2. The van der Waals surface area contributed by atoms with Crippen LogP contribution in [-0.4, -0.2) is 48.2 Å². The van der Waals surface area contributed by atoms with Gasteiger partial charge in [-0.25, -0.2) is 4.98 Å². The number of fused-ring (bicyclic) bond motifs is 2. The molecule has 1 spiro atoms. The summed E-state index contributed by atoms with van der Waals surface area (Å²) in [5.41, 5.74) is 5.06. The minimum absolute atomic E-state index is 0.0117. The Morgan fingerprint density at radius 2 is 2.06 bits per heavy atom. The van der Waals surface area contributed by atoms with Crippen molar-refractivity contribution in [3.8, 4) is 23.1 Å². The highest BCUT2D eigenvalue weighted by atomic mass is 35.5. The molecule has 2 aliphatic rings. The van der Waals surface area contributed by atoms with Crippen molar-refractivity contribution >= 4 is 17.4 Å². The molecule has 0 amide bonds. The van der Waals surface area contributed by atoms with Gasteiger partial charge in [0, 0.05) is 43.4 Å². The third-order valence-electron chi connectivity index (χ3n) is 7.74. The summed E-state index contributed by atoms with van der Waals surface area (Å²) < 4.78 is 5.89. The number of benzene rings is 1. The Labute approximate surface area is 218 Å². The van der Waals surface area contributed by atoms with Crippen molar-refractivity contribution < 1.29 is 4.74 Å². The predicted molar refractivity (Wildman–Crippen MR) is 143 cm³/mol. The molecule has 0 aliphatic carbocycles. The first-order chi connectivity index (χ1) is 17.5. The first kappa shape index (κ1) is 24.5. The maximum Gasteiger partial charge on any atom is 0.146 e. The number of rotatable bonds is 5. The fourth-order valence-electron chi connectivity index (χ4n) is 6.18. The molecule has 36 heavy (non-hydrogen) atoms. The van der Waals surface area contributed by atoms with Gasteiger partial charge in [-0.2, -0.15) is 5.26 Å². The Kier molecular flexibility index (Phi) is 6.87. The van der Waals surface area contributed by atoms with E-state index in [1.807, 2.05) is 25.1 Å². The smallest absolute Gasteiger partial charge is 0.146 e. The van der Waals surface area contributed by atoms with Crippen molar-refractivity contribution in [2.75, 3.05) is 38.2 Å². The molecule has 0 N–H and O–H groups in total. The predicted octanol–water partition coefficient (Wildman–Crippen LogP) is 5.69. The van der Waals surface area contributed by atoms with E-state index in [9.17, 15) is 5.26 Å². The number of likely N-dealkylation sites (N-methyl/N-ethyl adjacent to an activating group) is 1. The van der Waals surface area contributed by atoms with E-state index in [0.717, 1.165) is 67.5 Å². The number of aromatic nitrogens is 2. The summed E-state index contributed by atoms with van der Waals surface area (Å²) in [4.78, 5) is 14.4. The first-order valence-electron chi connectivity index (χ1n) is 12.7. The molecule has 4 heterocycles. The number of nitriles is 1. The van der Waals surface area contributed by atoms with Crippen LogP contribution in [-0.2, 0) is 12.0 Å². The normalized spacial score (nSPS) is 21.8. The minimum Gasteiger partial charge on any atom is -0.493 e. The third-order valence-corrected chi connectivity index (χ3v) is 7.95. The van der Waals surface area contributed by atoms with Crippen LogP contribution in [0.2, 0.25) is 5.02 Å². The van der Waals surface area contributed by atoms with Crippen LogP contribution in [0.1, 0.15) is 43.5 Å². The highest BCUT2D eigenvalue weighted by Gasteiger charge is 2.48. The van der Waals surface area contributed by atoms with Gasteiger partial charge >= 0.3 is 0 Å². The van der Waals surface area contributed by atoms with Gasteiger partial charge in [0.15, 0.2) is 0 Å². The van der Waals surface area contributed by atoms with Gasteiger partial charge in [0.25, 0.3) is 0 Å². The highest BCUT2D eigenvalue weighted by Crippen LogP contribution is 2.47. The van der Waals surface area contributed by atoms with Crippen molar-refractivity contribution in [2.45, 2.75) is 38.6 Å². The zero-order valence-corrected chi connectivity index (χ0v) is 21.9. The molecule has 3 aromatic rings. The monoisotopic (exact) mass is 501 g/mol. The quantitative estimate of drug-likeness (QED) is 0.447. The highest BCUT2D eigenvalue weighted by molar-refractivity contribution is 6.30. The lowest BCUT2D eigenvalue weighted by atomic mass is 9.62. The second-order valence-corrected chi connectivity index (χ2v) is 10.3. The van der Waals surface area contributed by atoms with Gasteiger partial charge in [0.1, 0.15) is 17.6 Å². The van der Waals surface area contributed by atoms with E-state index in [0.29, 0.717) is 23.1 Å². The molecule has 7 heteroatoms. The van der Waals surface area contributed by atoms with Gasteiger partial charge in [0.05, 0.1) is 28.6 Å². The number of piperidine rings is 1. The maximum absolute atomic E-state index is 9.68. The molecule has 1 fully saturated rings. The van der Waals surface area contributed by atoms with Gasteiger partial charge < -0.3 is 9.64 Å². The number of anilines is 1. The first-order valence-corrected chi connectivity index (χ1v) is 13.1. The van der Waals surface area contributed by atoms with E-state index in [4.69, 9.17) is 21.3 Å². The molecule has 1 saturated heterocycles. The summed E-state index contributed by atoms with van der Waals surface area (Å²) in [6.07, 6.45) is 3.65. The van der Waals surface area contributed by atoms with Crippen molar-refractivity contribution in [3.05, 3.63) is 70.5 Å². The van der Waals surface area contributed by atoms with Crippen LogP contribution in [0.15, 0.2) is 48.7 Å². The summed E-state index contributed by atoms with van der Waals surface area (Å²) >= 11 is 6.11. The van der Waals surface area contributed by atoms with E-state index in [-0.39, 0.29) is 5.41 Å². The van der Waals surface area contributed by atoms with Gasteiger partial charge in [-0.3, -0.25) is 9.88 Å². The second kappa shape index (κ2) is 10.1. The van der Waals surface area contributed by atoms with Crippen molar-refractivity contribution in [3.63, 3.8) is 0 Å². The fraction of sp³-hybridized carbons (Fsp3) is 0.414. The topological polar surface area (TPSA) is 65.3 Å². The molecule has 0 radical (unpaired) electrons. The number of hydrogen-bond donors (Lipinski definition) is 0. The Morgan fingerprint density at radius 3 is 2.83 bits per heavy atom. The Bertz CT molecular complexity index is 1310. The van der Waals surface area contributed by atoms with Crippen molar-refractivity contribution in [1.82, 2.24) is 14.9 Å². The van der Waals surface area contributed by atoms with E-state index < -0.39 is 0 Å². The van der Waals surface area contributed by atoms with E-state index in [1.165, 1.54) is 5.56 Å². The van der Waals surface area contributed by atoms with Crippen LogP contribution in [0.5, 0.6) is 5.75 Å². The average Bonchev–Trinajstić information content (AvgIpc) is 2.89. The van der Waals surface area contributed by atoms with E-state index in [1.54, 1.807) is 12.3 Å². The van der Waals surface area contributed by atoms with Gasteiger partial charge in [-0.05, 0) is 56.1 Å². The van der Waals surface area contributed by atoms with Crippen LogP contribution in [0.25, 0.3) is 11.3 Å². The molecule has 2 aromatic heterocycles.